The first-order valence-corrected chi connectivity index (χ1v) is 9.43. The summed E-state index contributed by atoms with van der Waals surface area (Å²) in [4.78, 5) is 16.5. The molecule has 3 rings (SSSR count). The average molecular weight is 405 g/mol. The molecule has 1 amide bonds. The van der Waals surface area contributed by atoms with E-state index in [2.05, 4.69) is 16.4 Å². The highest BCUT2D eigenvalue weighted by molar-refractivity contribution is 7.99. The van der Waals surface area contributed by atoms with Gasteiger partial charge >= 0.3 is 6.18 Å². The third-order valence-electron chi connectivity index (χ3n) is 3.93. The molecule has 0 bridgehead atoms. The van der Waals surface area contributed by atoms with Gasteiger partial charge in [0.2, 0.25) is 5.91 Å². The van der Waals surface area contributed by atoms with Crippen LogP contribution in [0.5, 0.6) is 0 Å². The topological polar surface area (TPSA) is 46.9 Å². The second-order valence-corrected chi connectivity index (χ2v) is 7.25. The van der Waals surface area contributed by atoms with Gasteiger partial charge in [-0.3, -0.25) is 9.36 Å². The van der Waals surface area contributed by atoms with Crippen LogP contribution in [0.15, 0.2) is 60.0 Å². The number of thioether (sulfide) groups is 1. The first kappa shape index (κ1) is 20.0. The summed E-state index contributed by atoms with van der Waals surface area (Å²) in [5.74, 6) is -0.592. The number of imidazole rings is 1. The fourth-order valence-electron chi connectivity index (χ4n) is 2.84. The molecule has 0 aliphatic rings. The Hall–Kier alpha value is -2.74. The summed E-state index contributed by atoms with van der Waals surface area (Å²) in [6, 6.07) is 11.0. The summed E-state index contributed by atoms with van der Waals surface area (Å²) in [5.41, 5.74) is 1.99. The third kappa shape index (κ3) is 4.75. The molecule has 2 aromatic carbocycles. The molecule has 0 aliphatic heterocycles. The minimum absolute atomic E-state index is 0.0615. The van der Waals surface area contributed by atoms with Crippen LogP contribution >= 0.6 is 11.8 Å². The number of hydrogen-bond acceptors (Lipinski definition) is 3. The van der Waals surface area contributed by atoms with E-state index in [4.69, 9.17) is 0 Å². The minimum atomic E-state index is -4.53. The van der Waals surface area contributed by atoms with Gasteiger partial charge < -0.3 is 5.32 Å². The second kappa shape index (κ2) is 8.10. The van der Waals surface area contributed by atoms with Gasteiger partial charge in [0.15, 0.2) is 5.16 Å². The van der Waals surface area contributed by atoms with E-state index in [0.29, 0.717) is 5.16 Å². The average Bonchev–Trinajstić information content (AvgIpc) is 3.07. The summed E-state index contributed by atoms with van der Waals surface area (Å²) < 4.78 is 41.0. The fourth-order valence-corrected chi connectivity index (χ4v) is 3.61. The number of halogens is 3. The van der Waals surface area contributed by atoms with Crippen molar-refractivity contribution in [3.63, 3.8) is 0 Å². The quantitative estimate of drug-likeness (QED) is 0.591. The van der Waals surface area contributed by atoms with Gasteiger partial charge in [0.1, 0.15) is 0 Å². The van der Waals surface area contributed by atoms with Crippen molar-refractivity contribution >= 4 is 23.4 Å². The maximum Gasteiger partial charge on any atom is 0.418 e. The number of anilines is 1. The molecular weight excluding hydrogens is 387 g/mol. The predicted molar refractivity (Wildman–Crippen MR) is 104 cm³/mol. The minimum Gasteiger partial charge on any atom is -0.325 e. The Balaban J connectivity index is 1.71. The molecule has 8 heteroatoms. The van der Waals surface area contributed by atoms with Crippen molar-refractivity contribution in [3.8, 4) is 5.69 Å². The van der Waals surface area contributed by atoms with Crippen LogP contribution in [0.25, 0.3) is 5.69 Å². The molecule has 3 aromatic rings. The lowest BCUT2D eigenvalue weighted by Crippen LogP contribution is -2.18. The van der Waals surface area contributed by atoms with Gasteiger partial charge in [-0.05, 0) is 49.2 Å². The van der Waals surface area contributed by atoms with Crippen LogP contribution in [0.3, 0.4) is 0 Å². The number of carbonyl (C=O) groups excluding carboxylic acids is 1. The maximum absolute atomic E-state index is 13.0. The second-order valence-electron chi connectivity index (χ2n) is 6.31. The zero-order valence-corrected chi connectivity index (χ0v) is 16.1. The standard InChI is InChI=1S/C20H18F3N3OS/c1-13-9-14(2)11-15(10-13)26-8-7-24-19(26)28-12-18(27)25-17-6-4-3-5-16(17)20(21,22)23/h3-11H,12H2,1-2H3,(H,25,27). The van der Waals surface area contributed by atoms with Crippen molar-refractivity contribution in [2.24, 2.45) is 0 Å². The zero-order valence-electron chi connectivity index (χ0n) is 15.2. The van der Waals surface area contributed by atoms with Crippen molar-refractivity contribution in [1.82, 2.24) is 9.55 Å². The predicted octanol–water partition coefficient (Wildman–Crippen LogP) is 5.24. The molecule has 0 saturated heterocycles. The monoisotopic (exact) mass is 405 g/mol. The Kier molecular flexibility index (Phi) is 5.79. The molecule has 28 heavy (non-hydrogen) atoms. The van der Waals surface area contributed by atoms with Crippen molar-refractivity contribution in [2.75, 3.05) is 11.1 Å². The molecule has 0 atom stereocenters. The first-order valence-electron chi connectivity index (χ1n) is 8.45. The summed E-state index contributed by atoms with van der Waals surface area (Å²) in [7, 11) is 0. The molecule has 146 valence electrons. The van der Waals surface area contributed by atoms with Gasteiger partial charge in [0.25, 0.3) is 0 Å². The zero-order chi connectivity index (χ0) is 20.3. The number of rotatable bonds is 5. The molecular formula is C20H18F3N3OS. The first-order chi connectivity index (χ1) is 13.2. The maximum atomic E-state index is 13.0. The summed E-state index contributed by atoms with van der Waals surface area (Å²) >= 11 is 1.16. The highest BCUT2D eigenvalue weighted by atomic mass is 32.2. The van der Waals surface area contributed by atoms with Crippen LogP contribution in [0.1, 0.15) is 16.7 Å². The number of nitrogens with zero attached hydrogens (tertiary/aromatic N) is 2. The number of benzene rings is 2. The molecule has 0 aliphatic carbocycles. The van der Waals surface area contributed by atoms with Crippen molar-refractivity contribution in [3.05, 3.63) is 71.5 Å². The lowest BCUT2D eigenvalue weighted by atomic mass is 10.1. The van der Waals surface area contributed by atoms with Crippen LogP contribution in [0.4, 0.5) is 18.9 Å². The number of amides is 1. The van der Waals surface area contributed by atoms with Crippen LogP contribution in [0.2, 0.25) is 0 Å². The van der Waals surface area contributed by atoms with E-state index in [-0.39, 0.29) is 11.4 Å². The Morgan fingerprint density at radius 3 is 2.50 bits per heavy atom. The molecule has 1 heterocycles. The molecule has 4 nitrogen and oxygen atoms in total. The number of hydrogen-bond donors (Lipinski definition) is 1. The normalized spacial score (nSPS) is 11.5. The molecule has 1 N–H and O–H groups in total. The largest absolute Gasteiger partial charge is 0.418 e. The van der Waals surface area contributed by atoms with Gasteiger partial charge in [-0.2, -0.15) is 13.2 Å². The van der Waals surface area contributed by atoms with Crippen molar-refractivity contribution in [2.45, 2.75) is 25.2 Å². The van der Waals surface area contributed by atoms with Crippen LogP contribution in [0, 0.1) is 13.8 Å². The van der Waals surface area contributed by atoms with Gasteiger partial charge in [-0.25, -0.2) is 4.98 Å². The van der Waals surface area contributed by atoms with E-state index in [1.165, 1.54) is 18.2 Å². The molecule has 0 unspecified atom stereocenters. The van der Waals surface area contributed by atoms with E-state index >= 15 is 0 Å². The molecule has 0 radical (unpaired) electrons. The molecule has 0 fully saturated rings. The van der Waals surface area contributed by atoms with Crippen molar-refractivity contribution in [1.29, 1.82) is 0 Å². The van der Waals surface area contributed by atoms with Gasteiger partial charge in [-0.15, -0.1) is 0 Å². The fraction of sp³-hybridized carbons (Fsp3) is 0.200. The van der Waals surface area contributed by atoms with Gasteiger partial charge in [0.05, 0.1) is 17.0 Å². The number of aromatic nitrogens is 2. The van der Waals surface area contributed by atoms with E-state index in [0.717, 1.165) is 34.6 Å². The highest BCUT2D eigenvalue weighted by Crippen LogP contribution is 2.34. The van der Waals surface area contributed by atoms with E-state index in [1.807, 2.05) is 30.5 Å². The summed E-state index contributed by atoms with van der Waals surface area (Å²) in [6.07, 6.45) is -1.12. The van der Waals surface area contributed by atoms with E-state index in [1.54, 1.807) is 12.4 Å². The van der Waals surface area contributed by atoms with Crippen molar-refractivity contribution < 1.29 is 18.0 Å². The number of nitrogens with one attached hydrogen (secondary N) is 1. The van der Waals surface area contributed by atoms with Crippen LogP contribution in [-0.4, -0.2) is 21.2 Å². The summed E-state index contributed by atoms with van der Waals surface area (Å²) in [6.45, 7) is 3.98. The third-order valence-corrected chi connectivity index (χ3v) is 4.90. The molecule has 1 aromatic heterocycles. The highest BCUT2D eigenvalue weighted by Gasteiger charge is 2.33. The molecule has 0 saturated carbocycles. The van der Waals surface area contributed by atoms with E-state index < -0.39 is 17.6 Å². The number of aryl methyl sites for hydroxylation is 2. The van der Waals surface area contributed by atoms with E-state index in [9.17, 15) is 18.0 Å². The van der Waals surface area contributed by atoms with Crippen LogP contribution < -0.4 is 5.32 Å². The lowest BCUT2D eigenvalue weighted by Gasteiger charge is -2.13. The number of carbonyl (C=O) groups is 1. The SMILES string of the molecule is Cc1cc(C)cc(-n2ccnc2SCC(=O)Nc2ccccc2C(F)(F)F)c1. The molecule has 0 spiro atoms. The Bertz CT molecular complexity index is 978. The number of alkyl halides is 3. The van der Waals surface area contributed by atoms with Gasteiger partial charge in [0, 0.05) is 18.1 Å². The van der Waals surface area contributed by atoms with Crippen LogP contribution in [-0.2, 0) is 11.0 Å². The Labute approximate surface area is 164 Å². The lowest BCUT2D eigenvalue weighted by molar-refractivity contribution is -0.137. The summed E-state index contributed by atoms with van der Waals surface area (Å²) in [5, 5.41) is 2.93. The smallest absolute Gasteiger partial charge is 0.325 e. The van der Waals surface area contributed by atoms with Gasteiger partial charge in [-0.1, -0.05) is 30.0 Å². The Morgan fingerprint density at radius 1 is 1.14 bits per heavy atom. The number of para-hydroxylation sites is 1. The Morgan fingerprint density at radius 2 is 1.82 bits per heavy atom.